The molecule has 28 heavy (non-hydrogen) atoms. The van der Waals surface area contributed by atoms with Crippen molar-refractivity contribution in [2.75, 3.05) is 26.7 Å². The van der Waals surface area contributed by atoms with Crippen molar-refractivity contribution in [1.82, 2.24) is 10.2 Å². The van der Waals surface area contributed by atoms with Crippen LogP contribution in [0.15, 0.2) is 48.5 Å². The Balaban J connectivity index is 1.46. The molecule has 1 N–H and O–H groups in total. The minimum Gasteiger partial charge on any atom is -0.497 e. The average molecular weight is 383 g/mol. The SMILES string of the molecule is COc1ccc(CCNC(=O)c2ccc(CN3CC(C)OC(C)C3)cc2)cc1. The van der Waals surface area contributed by atoms with Crippen LogP contribution in [0.3, 0.4) is 0 Å². The number of ether oxygens (including phenoxy) is 2. The van der Waals surface area contributed by atoms with Crippen molar-refractivity contribution < 1.29 is 14.3 Å². The summed E-state index contributed by atoms with van der Waals surface area (Å²) < 4.78 is 10.9. The molecule has 1 saturated heterocycles. The van der Waals surface area contributed by atoms with Gasteiger partial charge in [-0.25, -0.2) is 0 Å². The number of nitrogens with one attached hydrogen (secondary N) is 1. The first-order chi connectivity index (χ1) is 13.5. The Kier molecular flexibility index (Phi) is 7.06. The normalized spacial score (nSPS) is 20.0. The molecule has 1 heterocycles. The van der Waals surface area contributed by atoms with Crippen molar-refractivity contribution in [1.29, 1.82) is 0 Å². The van der Waals surface area contributed by atoms with Gasteiger partial charge in [0.2, 0.25) is 0 Å². The Morgan fingerprint density at radius 2 is 1.64 bits per heavy atom. The van der Waals surface area contributed by atoms with Gasteiger partial charge in [0, 0.05) is 31.7 Å². The van der Waals surface area contributed by atoms with Crippen molar-refractivity contribution in [3.8, 4) is 5.75 Å². The summed E-state index contributed by atoms with van der Waals surface area (Å²) in [4.78, 5) is 14.8. The van der Waals surface area contributed by atoms with Crippen molar-refractivity contribution in [3.05, 3.63) is 65.2 Å². The van der Waals surface area contributed by atoms with Crippen molar-refractivity contribution in [2.24, 2.45) is 0 Å². The lowest BCUT2D eigenvalue weighted by atomic mass is 10.1. The molecular weight excluding hydrogens is 352 g/mol. The van der Waals surface area contributed by atoms with Crippen LogP contribution in [0.5, 0.6) is 5.75 Å². The molecule has 0 aromatic heterocycles. The molecule has 0 aliphatic carbocycles. The van der Waals surface area contributed by atoms with Crippen LogP contribution in [0.4, 0.5) is 0 Å². The van der Waals surface area contributed by atoms with E-state index in [0.29, 0.717) is 12.1 Å². The van der Waals surface area contributed by atoms with Crippen LogP contribution in [0.25, 0.3) is 0 Å². The number of methoxy groups -OCH3 is 1. The average Bonchev–Trinajstić information content (AvgIpc) is 2.68. The number of hydrogen-bond donors (Lipinski definition) is 1. The highest BCUT2D eigenvalue weighted by Crippen LogP contribution is 2.15. The van der Waals surface area contributed by atoms with E-state index in [4.69, 9.17) is 9.47 Å². The van der Waals surface area contributed by atoms with Crippen LogP contribution in [0, 0.1) is 0 Å². The molecule has 2 unspecified atom stereocenters. The summed E-state index contributed by atoms with van der Waals surface area (Å²) in [5.74, 6) is 0.808. The summed E-state index contributed by atoms with van der Waals surface area (Å²) in [5, 5.41) is 2.99. The molecule has 1 aliphatic heterocycles. The van der Waals surface area contributed by atoms with Crippen LogP contribution in [0.2, 0.25) is 0 Å². The molecule has 3 rings (SSSR count). The Hall–Kier alpha value is -2.37. The van der Waals surface area contributed by atoms with E-state index in [-0.39, 0.29) is 18.1 Å². The van der Waals surface area contributed by atoms with Gasteiger partial charge in [-0.2, -0.15) is 0 Å². The zero-order valence-electron chi connectivity index (χ0n) is 17.0. The molecule has 2 atom stereocenters. The lowest BCUT2D eigenvalue weighted by molar-refractivity contribution is -0.0704. The molecule has 1 fully saturated rings. The van der Waals surface area contributed by atoms with Gasteiger partial charge in [-0.3, -0.25) is 9.69 Å². The molecule has 150 valence electrons. The van der Waals surface area contributed by atoms with Crippen molar-refractivity contribution in [2.45, 2.75) is 39.0 Å². The Labute approximate surface area is 167 Å². The predicted octanol–water partition coefficient (Wildman–Crippen LogP) is 3.28. The summed E-state index contributed by atoms with van der Waals surface area (Å²) in [6.07, 6.45) is 1.32. The van der Waals surface area contributed by atoms with Gasteiger partial charge < -0.3 is 14.8 Å². The number of hydrogen-bond acceptors (Lipinski definition) is 4. The number of rotatable bonds is 7. The summed E-state index contributed by atoms with van der Waals surface area (Å²) in [6, 6.07) is 15.8. The quantitative estimate of drug-likeness (QED) is 0.798. The van der Waals surface area contributed by atoms with Crippen LogP contribution < -0.4 is 10.1 Å². The topological polar surface area (TPSA) is 50.8 Å². The van der Waals surface area contributed by atoms with Crippen molar-refractivity contribution in [3.63, 3.8) is 0 Å². The third kappa shape index (κ3) is 5.81. The second-order valence-corrected chi connectivity index (χ2v) is 7.50. The maximum absolute atomic E-state index is 12.4. The Morgan fingerprint density at radius 3 is 2.25 bits per heavy atom. The molecule has 2 aromatic carbocycles. The van der Waals surface area contributed by atoms with Crippen LogP contribution in [-0.4, -0.2) is 49.8 Å². The van der Waals surface area contributed by atoms with Crippen LogP contribution in [-0.2, 0) is 17.7 Å². The molecule has 5 nitrogen and oxygen atoms in total. The molecule has 1 amide bonds. The van der Waals surface area contributed by atoms with Gasteiger partial charge in [0.25, 0.3) is 5.91 Å². The molecular formula is C23H30N2O3. The highest BCUT2D eigenvalue weighted by molar-refractivity contribution is 5.94. The van der Waals surface area contributed by atoms with E-state index < -0.39 is 0 Å². The molecule has 1 aliphatic rings. The first-order valence-electron chi connectivity index (χ1n) is 9.91. The summed E-state index contributed by atoms with van der Waals surface area (Å²) >= 11 is 0. The molecule has 2 aromatic rings. The van der Waals surface area contributed by atoms with Gasteiger partial charge >= 0.3 is 0 Å². The zero-order valence-corrected chi connectivity index (χ0v) is 17.0. The second-order valence-electron chi connectivity index (χ2n) is 7.50. The van der Waals surface area contributed by atoms with Crippen molar-refractivity contribution >= 4 is 5.91 Å². The van der Waals surface area contributed by atoms with Gasteiger partial charge in [0.15, 0.2) is 0 Å². The lowest BCUT2D eigenvalue weighted by Crippen LogP contribution is -2.44. The van der Waals surface area contributed by atoms with Crippen LogP contribution in [0.1, 0.15) is 35.3 Å². The third-order valence-corrected chi connectivity index (χ3v) is 4.98. The van der Waals surface area contributed by atoms with Gasteiger partial charge in [-0.15, -0.1) is 0 Å². The van der Waals surface area contributed by atoms with E-state index >= 15 is 0 Å². The number of benzene rings is 2. The standard InChI is InChI=1S/C23H30N2O3/c1-17-14-25(15-18(2)28-17)16-20-4-8-21(9-5-20)23(26)24-13-12-19-6-10-22(27-3)11-7-19/h4-11,17-18H,12-16H2,1-3H3,(H,24,26). The number of amides is 1. The first kappa shape index (κ1) is 20.4. The largest absolute Gasteiger partial charge is 0.497 e. The van der Waals surface area contributed by atoms with E-state index in [9.17, 15) is 4.79 Å². The smallest absolute Gasteiger partial charge is 0.251 e. The third-order valence-electron chi connectivity index (χ3n) is 4.98. The fourth-order valence-corrected chi connectivity index (χ4v) is 3.65. The number of carbonyl (C=O) groups is 1. The van der Waals surface area contributed by atoms with E-state index in [1.54, 1.807) is 7.11 Å². The minimum atomic E-state index is -0.0336. The number of nitrogens with zero attached hydrogens (tertiary/aromatic N) is 1. The molecule has 0 radical (unpaired) electrons. The zero-order chi connectivity index (χ0) is 19.9. The number of carbonyl (C=O) groups excluding carboxylic acids is 1. The molecule has 5 heteroatoms. The summed E-state index contributed by atoms with van der Waals surface area (Å²) in [7, 11) is 1.66. The highest BCUT2D eigenvalue weighted by Gasteiger charge is 2.22. The molecule has 0 saturated carbocycles. The second kappa shape index (κ2) is 9.71. The fourth-order valence-electron chi connectivity index (χ4n) is 3.65. The lowest BCUT2D eigenvalue weighted by Gasteiger charge is -2.35. The van der Waals surface area contributed by atoms with E-state index in [1.165, 1.54) is 11.1 Å². The van der Waals surface area contributed by atoms with Gasteiger partial charge in [-0.05, 0) is 55.7 Å². The van der Waals surface area contributed by atoms with Crippen LogP contribution >= 0.6 is 0 Å². The van der Waals surface area contributed by atoms with E-state index in [2.05, 4.69) is 24.1 Å². The Morgan fingerprint density at radius 1 is 1.04 bits per heavy atom. The van der Waals surface area contributed by atoms with Gasteiger partial charge in [-0.1, -0.05) is 24.3 Å². The maximum Gasteiger partial charge on any atom is 0.251 e. The first-order valence-corrected chi connectivity index (χ1v) is 9.91. The molecule has 0 spiro atoms. The summed E-state index contributed by atoms with van der Waals surface area (Å²) in [6.45, 7) is 7.60. The fraction of sp³-hybridized carbons (Fsp3) is 0.435. The van der Waals surface area contributed by atoms with Gasteiger partial charge in [0.05, 0.1) is 19.3 Å². The van der Waals surface area contributed by atoms with Gasteiger partial charge in [0.1, 0.15) is 5.75 Å². The number of morpholine rings is 1. The van der Waals surface area contributed by atoms with E-state index in [1.807, 2.05) is 48.5 Å². The minimum absolute atomic E-state index is 0.0336. The summed E-state index contributed by atoms with van der Waals surface area (Å²) in [5.41, 5.74) is 3.09. The molecule has 0 bridgehead atoms. The maximum atomic E-state index is 12.4. The highest BCUT2D eigenvalue weighted by atomic mass is 16.5. The monoisotopic (exact) mass is 382 g/mol. The van der Waals surface area contributed by atoms with E-state index in [0.717, 1.165) is 31.8 Å². The predicted molar refractivity (Wildman–Crippen MR) is 111 cm³/mol. The Bertz CT molecular complexity index is 748.